The molecule has 1 atom stereocenters. The summed E-state index contributed by atoms with van der Waals surface area (Å²) < 4.78 is 10.9. The Bertz CT molecular complexity index is 480. The summed E-state index contributed by atoms with van der Waals surface area (Å²) in [6.45, 7) is 4.52. The van der Waals surface area contributed by atoms with Gasteiger partial charge in [0.15, 0.2) is 5.88 Å². The molecule has 1 aliphatic rings. The Morgan fingerprint density at radius 1 is 1.40 bits per heavy atom. The number of Topliss-reactive ketones (excluding diaryl/α,β-unsaturated/α-hetero) is 1. The smallest absolute Gasteiger partial charge is 0.313 e. The van der Waals surface area contributed by atoms with E-state index in [0.717, 1.165) is 37.5 Å². The van der Waals surface area contributed by atoms with E-state index in [1.54, 1.807) is 0 Å². The van der Waals surface area contributed by atoms with Gasteiger partial charge in [-0.1, -0.05) is 0 Å². The zero-order valence-electron chi connectivity index (χ0n) is 12.1. The fourth-order valence-electron chi connectivity index (χ4n) is 2.48. The van der Waals surface area contributed by atoms with Crippen LogP contribution in [0, 0.1) is 6.92 Å². The average molecular weight is 279 g/mol. The Labute approximate surface area is 118 Å². The highest BCUT2D eigenvalue weighted by molar-refractivity contribution is 5.94. The van der Waals surface area contributed by atoms with Gasteiger partial charge in [-0.25, -0.2) is 0 Å². The minimum atomic E-state index is -0.446. The summed E-state index contributed by atoms with van der Waals surface area (Å²) >= 11 is 0. The molecule has 0 spiro atoms. The number of piperidine rings is 1. The third-order valence-electron chi connectivity index (χ3n) is 3.47. The summed E-state index contributed by atoms with van der Waals surface area (Å²) in [5.74, 6) is 1.09. The molecule has 0 aliphatic carbocycles. The number of rotatable bonds is 5. The molecule has 110 valence electrons. The molecule has 1 fully saturated rings. The topological polar surface area (TPSA) is 59.8 Å². The van der Waals surface area contributed by atoms with Crippen molar-refractivity contribution < 1.29 is 18.7 Å². The van der Waals surface area contributed by atoms with Gasteiger partial charge in [-0.3, -0.25) is 9.59 Å². The molecule has 0 amide bonds. The Morgan fingerprint density at radius 3 is 2.85 bits per heavy atom. The predicted molar refractivity (Wildman–Crippen MR) is 74.7 cm³/mol. The normalized spacial score (nSPS) is 18.9. The number of ketones is 1. The van der Waals surface area contributed by atoms with E-state index in [1.165, 1.54) is 6.92 Å². The molecular weight excluding hydrogens is 258 g/mol. The molecular formula is C15H21NO4. The summed E-state index contributed by atoms with van der Waals surface area (Å²) in [5, 5.41) is 0. The maximum Gasteiger partial charge on any atom is 0.313 e. The SMILES string of the molecule is CC(=O)CC(=O)OCC1CCCCN1c1ccc(C)o1. The number of nitrogens with zero attached hydrogens (tertiary/aromatic N) is 1. The second kappa shape index (κ2) is 6.59. The van der Waals surface area contributed by atoms with Crippen LogP contribution >= 0.6 is 0 Å². The lowest BCUT2D eigenvalue weighted by molar-refractivity contribution is -0.146. The number of esters is 1. The minimum absolute atomic E-state index is 0.130. The van der Waals surface area contributed by atoms with Crippen molar-refractivity contribution in [3.63, 3.8) is 0 Å². The minimum Gasteiger partial charge on any atom is -0.463 e. The molecule has 2 rings (SSSR count). The number of carbonyl (C=O) groups excluding carboxylic acids is 2. The lowest BCUT2D eigenvalue weighted by atomic mass is 10.0. The first-order chi connectivity index (χ1) is 9.56. The van der Waals surface area contributed by atoms with Gasteiger partial charge in [-0.15, -0.1) is 0 Å². The molecule has 1 aliphatic heterocycles. The van der Waals surface area contributed by atoms with Crippen molar-refractivity contribution in [3.8, 4) is 0 Å². The largest absolute Gasteiger partial charge is 0.463 e. The van der Waals surface area contributed by atoms with E-state index >= 15 is 0 Å². The van der Waals surface area contributed by atoms with Crippen LogP contribution in [0.5, 0.6) is 0 Å². The molecule has 20 heavy (non-hydrogen) atoms. The Kier molecular flexibility index (Phi) is 4.82. The number of aryl methyl sites for hydroxylation is 1. The summed E-state index contributed by atoms with van der Waals surface area (Å²) in [6.07, 6.45) is 3.04. The van der Waals surface area contributed by atoms with E-state index in [1.807, 2.05) is 19.1 Å². The van der Waals surface area contributed by atoms with E-state index in [-0.39, 0.29) is 18.2 Å². The molecule has 5 nitrogen and oxygen atoms in total. The first-order valence-electron chi connectivity index (χ1n) is 7.04. The van der Waals surface area contributed by atoms with Gasteiger partial charge in [0.1, 0.15) is 24.6 Å². The van der Waals surface area contributed by atoms with E-state index in [4.69, 9.17) is 9.15 Å². The van der Waals surface area contributed by atoms with Crippen LogP contribution in [0.25, 0.3) is 0 Å². The van der Waals surface area contributed by atoms with Crippen molar-refractivity contribution in [1.82, 2.24) is 0 Å². The lowest BCUT2D eigenvalue weighted by Crippen LogP contribution is -2.42. The average Bonchev–Trinajstić information content (AvgIpc) is 2.82. The molecule has 0 N–H and O–H groups in total. The van der Waals surface area contributed by atoms with Gasteiger partial charge < -0.3 is 14.1 Å². The molecule has 1 aromatic rings. The third kappa shape index (κ3) is 3.85. The Hall–Kier alpha value is -1.78. The maximum absolute atomic E-state index is 11.5. The number of hydrogen-bond acceptors (Lipinski definition) is 5. The van der Waals surface area contributed by atoms with Gasteiger partial charge in [0.05, 0.1) is 6.04 Å². The zero-order chi connectivity index (χ0) is 14.5. The molecule has 1 aromatic heterocycles. The van der Waals surface area contributed by atoms with Crippen molar-refractivity contribution >= 4 is 17.6 Å². The first-order valence-corrected chi connectivity index (χ1v) is 7.04. The predicted octanol–water partition coefficient (Wildman–Crippen LogP) is 2.47. The quantitative estimate of drug-likeness (QED) is 0.612. The monoisotopic (exact) mass is 279 g/mol. The zero-order valence-corrected chi connectivity index (χ0v) is 12.1. The second-order valence-electron chi connectivity index (χ2n) is 5.29. The van der Waals surface area contributed by atoms with Crippen LogP contribution in [-0.4, -0.2) is 30.9 Å². The van der Waals surface area contributed by atoms with Gasteiger partial charge in [0, 0.05) is 12.6 Å². The van der Waals surface area contributed by atoms with Crippen LogP contribution < -0.4 is 4.90 Å². The van der Waals surface area contributed by atoms with Gasteiger partial charge in [0.2, 0.25) is 0 Å². The van der Waals surface area contributed by atoms with Crippen LogP contribution in [0.15, 0.2) is 16.5 Å². The van der Waals surface area contributed by atoms with Crippen LogP contribution in [0.1, 0.15) is 38.4 Å². The molecule has 1 unspecified atom stereocenters. The Balaban J connectivity index is 1.93. The summed E-state index contributed by atoms with van der Waals surface area (Å²) in [5.41, 5.74) is 0. The van der Waals surface area contributed by atoms with E-state index < -0.39 is 5.97 Å². The summed E-state index contributed by atoms with van der Waals surface area (Å²) in [6, 6.07) is 4.01. The number of carbonyl (C=O) groups is 2. The third-order valence-corrected chi connectivity index (χ3v) is 3.47. The molecule has 5 heteroatoms. The van der Waals surface area contributed by atoms with Crippen molar-refractivity contribution in [2.75, 3.05) is 18.1 Å². The van der Waals surface area contributed by atoms with Crippen LogP contribution in [-0.2, 0) is 14.3 Å². The van der Waals surface area contributed by atoms with E-state index in [0.29, 0.717) is 6.61 Å². The molecule has 2 heterocycles. The van der Waals surface area contributed by atoms with Crippen molar-refractivity contribution in [2.24, 2.45) is 0 Å². The number of ether oxygens (including phenoxy) is 1. The molecule has 0 bridgehead atoms. The number of furan rings is 1. The Morgan fingerprint density at radius 2 is 2.20 bits per heavy atom. The van der Waals surface area contributed by atoms with E-state index in [9.17, 15) is 9.59 Å². The van der Waals surface area contributed by atoms with Gasteiger partial charge in [-0.05, 0) is 39.2 Å². The van der Waals surface area contributed by atoms with Crippen LogP contribution in [0.3, 0.4) is 0 Å². The van der Waals surface area contributed by atoms with Gasteiger partial charge in [0.25, 0.3) is 0 Å². The fourth-order valence-corrected chi connectivity index (χ4v) is 2.48. The van der Waals surface area contributed by atoms with Crippen molar-refractivity contribution in [1.29, 1.82) is 0 Å². The van der Waals surface area contributed by atoms with Crippen molar-refractivity contribution in [2.45, 2.75) is 45.6 Å². The molecule has 0 saturated carbocycles. The molecule has 0 aromatic carbocycles. The second-order valence-corrected chi connectivity index (χ2v) is 5.29. The highest BCUT2D eigenvalue weighted by Gasteiger charge is 2.26. The van der Waals surface area contributed by atoms with Gasteiger partial charge in [-0.2, -0.15) is 0 Å². The molecule has 0 radical (unpaired) electrons. The standard InChI is InChI=1S/C15H21NO4/c1-11(17)9-15(18)19-10-13-5-3-4-8-16(13)14-7-6-12(2)20-14/h6-7,13H,3-5,8-10H2,1-2H3. The molecule has 1 saturated heterocycles. The fraction of sp³-hybridized carbons (Fsp3) is 0.600. The number of anilines is 1. The van der Waals surface area contributed by atoms with Crippen LogP contribution in [0.2, 0.25) is 0 Å². The summed E-state index contributed by atoms with van der Waals surface area (Å²) in [4.78, 5) is 24.5. The van der Waals surface area contributed by atoms with E-state index in [2.05, 4.69) is 4.90 Å². The summed E-state index contributed by atoms with van der Waals surface area (Å²) in [7, 11) is 0. The van der Waals surface area contributed by atoms with Crippen molar-refractivity contribution in [3.05, 3.63) is 17.9 Å². The maximum atomic E-state index is 11.5. The highest BCUT2D eigenvalue weighted by Crippen LogP contribution is 2.26. The van der Waals surface area contributed by atoms with Gasteiger partial charge >= 0.3 is 5.97 Å². The lowest BCUT2D eigenvalue weighted by Gasteiger charge is -2.35. The van der Waals surface area contributed by atoms with Crippen LogP contribution in [0.4, 0.5) is 5.88 Å². The number of hydrogen-bond donors (Lipinski definition) is 0. The first kappa shape index (κ1) is 14.6. The highest BCUT2D eigenvalue weighted by atomic mass is 16.5.